The second-order valence-electron chi connectivity index (χ2n) is 6.29. The molecule has 0 aromatic heterocycles. The predicted molar refractivity (Wildman–Crippen MR) is 94.7 cm³/mol. The first-order valence-electron chi connectivity index (χ1n) is 9.33. The zero-order valence-corrected chi connectivity index (χ0v) is 15.6. The van der Waals surface area contributed by atoms with Crippen LogP contribution in [0.1, 0.15) is 83.5 Å². The summed E-state index contributed by atoms with van der Waals surface area (Å²) in [5.41, 5.74) is 0. The van der Waals surface area contributed by atoms with Gasteiger partial charge in [0.2, 0.25) is 0 Å². The van der Waals surface area contributed by atoms with Crippen molar-refractivity contribution < 1.29 is 19.0 Å². The van der Waals surface area contributed by atoms with Gasteiger partial charge in [-0.2, -0.15) is 0 Å². The van der Waals surface area contributed by atoms with Gasteiger partial charge in [-0.25, -0.2) is 0 Å². The van der Waals surface area contributed by atoms with Crippen LogP contribution in [0.2, 0.25) is 0 Å². The first kappa shape index (κ1) is 22.4. The summed E-state index contributed by atoms with van der Waals surface area (Å²) in [4.78, 5) is 11.0. The van der Waals surface area contributed by atoms with E-state index in [1.807, 2.05) is 7.11 Å². The van der Waals surface area contributed by atoms with E-state index < -0.39 is 0 Å². The van der Waals surface area contributed by atoms with Crippen molar-refractivity contribution in [2.24, 2.45) is 0 Å². The van der Waals surface area contributed by atoms with Crippen molar-refractivity contribution in [2.75, 3.05) is 27.9 Å². The standard InChI is InChI=1S/C19H38O4/c1-21-17-13-9-5-4-6-10-14-18(22-2)15-11-7-8-12-16-19(20)23-3/h18H,4-17H2,1-3H3. The third kappa shape index (κ3) is 16.0. The zero-order chi connectivity index (χ0) is 17.2. The molecule has 0 spiro atoms. The minimum Gasteiger partial charge on any atom is -0.469 e. The van der Waals surface area contributed by atoms with Crippen LogP contribution in [0.5, 0.6) is 0 Å². The molecule has 0 aliphatic carbocycles. The van der Waals surface area contributed by atoms with E-state index in [0.29, 0.717) is 12.5 Å². The first-order valence-corrected chi connectivity index (χ1v) is 9.33. The first-order chi connectivity index (χ1) is 11.2. The van der Waals surface area contributed by atoms with E-state index in [4.69, 9.17) is 9.47 Å². The van der Waals surface area contributed by atoms with Gasteiger partial charge in [0.05, 0.1) is 13.2 Å². The lowest BCUT2D eigenvalue weighted by atomic mass is 10.0. The second-order valence-corrected chi connectivity index (χ2v) is 6.29. The summed E-state index contributed by atoms with van der Waals surface area (Å²) in [5, 5.41) is 0. The number of methoxy groups -OCH3 is 3. The molecule has 1 atom stereocenters. The molecule has 1 unspecified atom stereocenters. The maximum atomic E-state index is 11.0. The molecular weight excluding hydrogens is 292 g/mol. The van der Waals surface area contributed by atoms with Crippen molar-refractivity contribution in [1.29, 1.82) is 0 Å². The van der Waals surface area contributed by atoms with E-state index in [2.05, 4.69) is 4.74 Å². The quantitative estimate of drug-likeness (QED) is 0.281. The van der Waals surface area contributed by atoms with Crippen LogP contribution in [0.4, 0.5) is 0 Å². The molecule has 0 aromatic rings. The largest absolute Gasteiger partial charge is 0.469 e. The van der Waals surface area contributed by atoms with E-state index in [0.717, 1.165) is 25.9 Å². The number of ether oxygens (including phenoxy) is 3. The van der Waals surface area contributed by atoms with E-state index >= 15 is 0 Å². The van der Waals surface area contributed by atoms with Gasteiger partial charge >= 0.3 is 5.97 Å². The van der Waals surface area contributed by atoms with Gasteiger partial charge in [-0.1, -0.05) is 51.4 Å². The fourth-order valence-corrected chi connectivity index (χ4v) is 2.80. The minimum absolute atomic E-state index is 0.0954. The lowest BCUT2D eigenvalue weighted by molar-refractivity contribution is -0.140. The van der Waals surface area contributed by atoms with Gasteiger partial charge in [-0.15, -0.1) is 0 Å². The third-order valence-corrected chi connectivity index (χ3v) is 4.34. The summed E-state index contributed by atoms with van der Waals surface area (Å²) in [6, 6.07) is 0. The molecule has 0 heterocycles. The van der Waals surface area contributed by atoms with Gasteiger partial charge in [-0.05, 0) is 25.7 Å². The summed E-state index contributed by atoms with van der Waals surface area (Å²) in [6.45, 7) is 0.894. The fraction of sp³-hybridized carbons (Fsp3) is 0.947. The van der Waals surface area contributed by atoms with Crippen LogP contribution >= 0.6 is 0 Å². The van der Waals surface area contributed by atoms with Gasteiger partial charge < -0.3 is 14.2 Å². The summed E-state index contributed by atoms with van der Waals surface area (Å²) in [5.74, 6) is -0.0954. The van der Waals surface area contributed by atoms with Crippen molar-refractivity contribution in [3.8, 4) is 0 Å². The number of carbonyl (C=O) groups is 1. The molecular formula is C19H38O4. The Kier molecular flexibility index (Phi) is 17.3. The lowest BCUT2D eigenvalue weighted by Crippen LogP contribution is -2.10. The van der Waals surface area contributed by atoms with Gasteiger partial charge in [-0.3, -0.25) is 4.79 Å². The smallest absolute Gasteiger partial charge is 0.305 e. The van der Waals surface area contributed by atoms with Crippen molar-refractivity contribution in [3.05, 3.63) is 0 Å². The van der Waals surface area contributed by atoms with Crippen molar-refractivity contribution in [2.45, 2.75) is 89.6 Å². The summed E-state index contributed by atoms with van der Waals surface area (Å²) < 4.78 is 15.3. The molecule has 138 valence electrons. The summed E-state index contributed by atoms with van der Waals surface area (Å²) >= 11 is 0. The topological polar surface area (TPSA) is 44.8 Å². The number of esters is 1. The second kappa shape index (κ2) is 17.7. The van der Waals surface area contributed by atoms with E-state index in [1.54, 1.807) is 7.11 Å². The van der Waals surface area contributed by atoms with Crippen molar-refractivity contribution >= 4 is 5.97 Å². The van der Waals surface area contributed by atoms with E-state index in [1.165, 1.54) is 64.9 Å². The van der Waals surface area contributed by atoms with Gasteiger partial charge in [0, 0.05) is 27.2 Å². The lowest BCUT2D eigenvalue weighted by Gasteiger charge is -2.15. The third-order valence-electron chi connectivity index (χ3n) is 4.34. The molecule has 0 N–H and O–H groups in total. The Labute approximate surface area is 143 Å². The SMILES string of the molecule is COCCCCCCCCC(CCCCCCC(=O)OC)OC. The van der Waals surface area contributed by atoms with Gasteiger partial charge in [0.25, 0.3) is 0 Å². The number of hydrogen-bond acceptors (Lipinski definition) is 4. The fourth-order valence-electron chi connectivity index (χ4n) is 2.80. The van der Waals surface area contributed by atoms with Crippen LogP contribution in [0.25, 0.3) is 0 Å². The monoisotopic (exact) mass is 330 g/mol. The number of rotatable bonds is 17. The molecule has 0 bridgehead atoms. The maximum Gasteiger partial charge on any atom is 0.305 e. The molecule has 0 aromatic carbocycles. The Morgan fingerprint density at radius 3 is 1.78 bits per heavy atom. The Balaban J connectivity index is 3.37. The van der Waals surface area contributed by atoms with E-state index in [9.17, 15) is 4.79 Å². The molecule has 0 amide bonds. The average molecular weight is 331 g/mol. The maximum absolute atomic E-state index is 11.0. The molecule has 0 saturated carbocycles. The van der Waals surface area contributed by atoms with E-state index in [-0.39, 0.29) is 5.97 Å². The Morgan fingerprint density at radius 2 is 1.26 bits per heavy atom. The van der Waals surface area contributed by atoms with Crippen LogP contribution in [0, 0.1) is 0 Å². The summed E-state index contributed by atoms with van der Waals surface area (Å²) in [6.07, 6.45) is 15.4. The highest BCUT2D eigenvalue weighted by atomic mass is 16.5. The average Bonchev–Trinajstić information content (AvgIpc) is 2.57. The molecule has 4 heteroatoms. The van der Waals surface area contributed by atoms with Crippen LogP contribution in [0.3, 0.4) is 0 Å². The Hall–Kier alpha value is -0.610. The molecule has 4 nitrogen and oxygen atoms in total. The van der Waals surface area contributed by atoms with Crippen LogP contribution in [-0.4, -0.2) is 40.0 Å². The molecule has 0 aliphatic rings. The zero-order valence-electron chi connectivity index (χ0n) is 15.6. The minimum atomic E-state index is -0.0954. The van der Waals surface area contributed by atoms with Gasteiger partial charge in [0.15, 0.2) is 0 Å². The van der Waals surface area contributed by atoms with Crippen LogP contribution in [-0.2, 0) is 19.0 Å². The predicted octanol–water partition coefficient (Wildman–Crippen LogP) is 4.89. The highest BCUT2D eigenvalue weighted by molar-refractivity contribution is 5.68. The molecule has 0 aliphatic heterocycles. The molecule has 0 saturated heterocycles. The normalized spacial score (nSPS) is 12.3. The van der Waals surface area contributed by atoms with Crippen LogP contribution < -0.4 is 0 Å². The number of carbonyl (C=O) groups excluding carboxylic acids is 1. The Morgan fingerprint density at radius 1 is 0.739 bits per heavy atom. The molecule has 0 rings (SSSR count). The molecule has 0 fully saturated rings. The molecule has 23 heavy (non-hydrogen) atoms. The highest BCUT2D eigenvalue weighted by Crippen LogP contribution is 2.15. The van der Waals surface area contributed by atoms with Crippen LogP contribution in [0.15, 0.2) is 0 Å². The number of unbranched alkanes of at least 4 members (excludes halogenated alkanes) is 8. The molecule has 0 radical (unpaired) electrons. The van der Waals surface area contributed by atoms with Gasteiger partial charge in [0.1, 0.15) is 0 Å². The van der Waals surface area contributed by atoms with Crippen molar-refractivity contribution in [3.63, 3.8) is 0 Å². The Bertz CT molecular complexity index is 256. The number of hydrogen-bond donors (Lipinski definition) is 0. The highest BCUT2D eigenvalue weighted by Gasteiger charge is 2.07. The van der Waals surface area contributed by atoms with Crippen molar-refractivity contribution in [1.82, 2.24) is 0 Å². The summed E-state index contributed by atoms with van der Waals surface area (Å²) in [7, 11) is 5.04.